The molecule has 0 aromatic heterocycles. The third-order valence-corrected chi connectivity index (χ3v) is 4.48. The van der Waals surface area contributed by atoms with Gasteiger partial charge in [-0.1, -0.05) is 26.0 Å². The predicted molar refractivity (Wildman–Crippen MR) is 119 cm³/mol. The van der Waals surface area contributed by atoms with E-state index in [1.807, 2.05) is 38.1 Å². The summed E-state index contributed by atoms with van der Waals surface area (Å²) in [6.45, 7) is 5.89. The number of amides is 2. The maximum Gasteiger partial charge on any atom is 0.276 e. The molecule has 8 heteroatoms. The molecular formula is C22H27N3O4S. The number of aryl methyl sites for hydroxylation is 1. The Morgan fingerprint density at radius 3 is 2.20 bits per heavy atom. The minimum absolute atomic E-state index is 0.0272. The number of thiocarbonyl (C=S) groups is 1. The molecular weight excluding hydrogens is 402 g/mol. The number of carbonyl (C=O) groups excluding carboxylic acids is 2. The number of hydrogen-bond acceptors (Lipinski definition) is 5. The Bertz CT molecular complexity index is 854. The van der Waals surface area contributed by atoms with Crippen molar-refractivity contribution < 1.29 is 19.1 Å². The second-order valence-corrected chi connectivity index (χ2v) is 7.01. The summed E-state index contributed by atoms with van der Waals surface area (Å²) >= 11 is 5.03. The molecule has 0 aliphatic heterocycles. The highest BCUT2D eigenvalue weighted by Crippen LogP contribution is 2.15. The van der Waals surface area contributed by atoms with Crippen LogP contribution in [0.25, 0.3) is 0 Å². The van der Waals surface area contributed by atoms with Crippen LogP contribution in [0.5, 0.6) is 11.5 Å². The fourth-order valence-corrected chi connectivity index (χ4v) is 2.48. The molecule has 7 nitrogen and oxygen atoms in total. The molecule has 0 aliphatic carbocycles. The smallest absolute Gasteiger partial charge is 0.276 e. The first kappa shape index (κ1) is 23.2. The van der Waals surface area contributed by atoms with Crippen LogP contribution >= 0.6 is 12.2 Å². The quantitative estimate of drug-likeness (QED) is 0.441. The van der Waals surface area contributed by atoms with Crippen LogP contribution in [0.3, 0.4) is 0 Å². The maximum atomic E-state index is 12.2. The minimum atomic E-state index is -0.433. The van der Waals surface area contributed by atoms with E-state index in [2.05, 4.69) is 23.1 Å². The van der Waals surface area contributed by atoms with Crippen molar-refractivity contribution in [2.24, 2.45) is 0 Å². The van der Waals surface area contributed by atoms with Crippen LogP contribution in [-0.2, 0) is 11.2 Å². The van der Waals surface area contributed by atoms with E-state index in [-0.39, 0.29) is 17.8 Å². The molecule has 0 saturated carbocycles. The molecule has 160 valence electrons. The van der Waals surface area contributed by atoms with Crippen LogP contribution in [0.15, 0.2) is 48.5 Å². The van der Waals surface area contributed by atoms with Crippen LogP contribution < -0.4 is 25.6 Å². The van der Waals surface area contributed by atoms with E-state index in [1.165, 1.54) is 5.56 Å². The SMILES string of the molecule is CCc1ccc(OCC(=O)NNC(=S)NC(=O)c2ccc(OC(C)CC)cc2)cc1. The van der Waals surface area contributed by atoms with Gasteiger partial charge >= 0.3 is 0 Å². The maximum absolute atomic E-state index is 12.2. The second-order valence-electron chi connectivity index (χ2n) is 6.60. The Kier molecular flexibility index (Phi) is 9.08. The molecule has 0 radical (unpaired) electrons. The zero-order valence-electron chi connectivity index (χ0n) is 17.4. The van der Waals surface area contributed by atoms with Crippen molar-refractivity contribution in [1.29, 1.82) is 0 Å². The van der Waals surface area contributed by atoms with Crippen molar-refractivity contribution >= 4 is 29.1 Å². The third kappa shape index (κ3) is 7.71. The summed E-state index contributed by atoms with van der Waals surface area (Å²) in [7, 11) is 0. The van der Waals surface area contributed by atoms with E-state index in [9.17, 15) is 9.59 Å². The van der Waals surface area contributed by atoms with Gasteiger partial charge in [-0.3, -0.25) is 25.8 Å². The average Bonchev–Trinajstić information content (AvgIpc) is 2.76. The zero-order valence-corrected chi connectivity index (χ0v) is 18.2. The molecule has 0 heterocycles. The van der Waals surface area contributed by atoms with Crippen LogP contribution in [-0.4, -0.2) is 29.6 Å². The molecule has 1 atom stereocenters. The van der Waals surface area contributed by atoms with E-state index in [1.54, 1.807) is 24.3 Å². The largest absolute Gasteiger partial charge is 0.491 e. The summed E-state index contributed by atoms with van der Waals surface area (Å²) in [6, 6.07) is 14.2. The van der Waals surface area contributed by atoms with Gasteiger partial charge in [-0.15, -0.1) is 0 Å². The summed E-state index contributed by atoms with van der Waals surface area (Å²) in [4.78, 5) is 24.1. The lowest BCUT2D eigenvalue weighted by molar-refractivity contribution is -0.123. The van der Waals surface area contributed by atoms with Gasteiger partial charge in [0.2, 0.25) is 0 Å². The van der Waals surface area contributed by atoms with Crippen molar-refractivity contribution in [2.45, 2.75) is 39.7 Å². The summed E-state index contributed by atoms with van der Waals surface area (Å²) in [5.41, 5.74) is 6.46. The van der Waals surface area contributed by atoms with Gasteiger partial charge in [-0.05, 0) is 73.9 Å². The standard InChI is InChI=1S/C22H27N3O4S/c1-4-15(3)29-19-12-8-17(9-13-19)21(27)23-22(30)25-24-20(26)14-28-18-10-6-16(5-2)7-11-18/h6-13,15H,4-5,14H2,1-3H3,(H,24,26)(H2,23,25,27,30). The molecule has 0 bridgehead atoms. The molecule has 3 N–H and O–H groups in total. The Labute approximate surface area is 182 Å². The Hall–Kier alpha value is -3.13. The predicted octanol–water partition coefficient (Wildman–Crippen LogP) is 3.14. The van der Waals surface area contributed by atoms with Crippen molar-refractivity contribution in [3.8, 4) is 11.5 Å². The highest BCUT2D eigenvalue weighted by molar-refractivity contribution is 7.80. The van der Waals surface area contributed by atoms with Gasteiger partial charge < -0.3 is 9.47 Å². The highest BCUT2D eigenvalue weighted by atomic mass is 32.1. The van der Waals surface area contributed by atoms with Crippen molar-refractivity contribution in [2.75, 3.05) is 6.61 Å². The summed E-state index contributed by atoms with van der Waals surface area (Å²) in [5, 5.41) is 2.47. The number of rotatable bonds is 8. The van der Waals surface area contributed by atoms with Crippen LogP contribution in [0.1, 0.15) is 43.1 Å². The van der Waals surface area contributed by atoms with Gasteiger partial charge in [0, 0.05) is 5.56 Å². The van der Waals surface area contributed by atoms with Gasteiger partial charge in [0.15, 0.2) is 11.7 Å². The highest BCUT2D eigenvalue weighted by Gasteiger charge is 2.10. The molecule has 2 amide bonds. The Morgan fingerprint density at radius 1 is 0.967 bits per heavy atom. The molecule has 1 unspecified atom stereocenters. The number of hydrazine groups is 1. The van der Waals surface area contributed by atoms with Crippen molar-refractivity contribution in [3.63, 3.8) is 0 Å². The lowest BCUT2D eigenvalue weighted by Gasteiger charge is -2.13. The number of carbonyl (C=O) groups is 2. The molecule has 30 heavy (non-hydrogen) atoms. The van der Waals surface area contributed by atoms with Crippen LogP contribution in [0.2, 0.25) is 0 Å². The van der Waals surface area contributed by atoms with Gasteiger partial charge in [0.25, 0.3) is 11.8 Å². The monoisotopic (exact) mass is 429 g/mol. The molecule has 0 fully saturated rings. The normalized spacial score (nSPS) is 11.2. The number of ether oxygens (including phenoxy) is 2. The van der Waals surface area contributed by atoms with Crippen molar-refractivity contribution in [3.05, 3.63) is 59.7 Å². The van der Waals surface area contributed by atoms with Gasteiger partial charge in [-0.25, -0.2) is 0 Å². The fourth-order valence-electron chi connectivity index (χ4n) is 2.34. The third-order valence-electron chi connectivity index (χ3n) is 4.27. The summed E-state index contributed by atoms with van der Waals surface area (Å²) in [6.07, 6.45) is 1.93. The van der Waals surface area contributed by atoms with Crippen LogP contribution in [0.4, 0.5) is 0 Å². The first-order valence-electron chi connectivity index (χ1n) is 9.79. The Morgan fingerprint density at radius 2 is 1.60 bits per heavy atom. The van der Waals surface area contributed by atoms with Gasteiger partial charge in [0.05, 0.1) is 6.10 Å². The zero-order chi connectivity index (χ0) is 21.9. The van der Waals surface area contributed by atoms with Gasteiger partial charge in [0.1, 0.15) is 11.5 Å². The lowest BCUT2D eigenvalue weighted by Crippen LogP contribution is -2.49. The van der Waals surface area contributed by atoms with E-state index in [0.29, 0.717) is 17.1 Å². The van der Waals surface area contributed by atoms with Gasteiger partial charge in [-0.2, -0.15) is 0 Å². The number of nitrogens with one attached hydrogen (secondary N) is 3. The molecule has 2 rings (SSSR count). The van der Waals surface area contributed by atoms with E-state index < -0.39 is 11.8 Å². The lowest BCUT2D eigenvalue weighted by atomic mass is 10.2. The van der Waals surface area contributed by atoms with E-state index >= 15 is 0 Å². The molecule has 2 aromatic rings. The minimum Gasteiger partial charge on any atom is -0.491 e. The number of benzene rings is 2. The Balaban J connectivity index is 1.72. The molecule has 0 spiro atoms. The second kappa shape index (κ2) is 11.8. The molecule has 0 aliphatic rings. The van der Waals surface area contributed by atoms with E-state index in [0.717, 1.165) is 12.8 Å². The topological polar surface area (TPSA) is 88.7 Å². The first-order chi connectivity index (χ1) is 14.4. The number of hydrogen-bond donors (Lipinski definition) is 3. The molecule has 2 aromatic carbocycles. The van der Waals surface area contributed by atoms with E-state index in [4.69, 9.17) is 21.7 Å². The van der Waals surface area contributed by atoms with Crippen LogP contribution in [0, 0.1) is 0 Å². The fraction of sp³-hybridized carbons (Fsp3) is 0.318. The average molecular weight is 430 g/mol. The summed E-state index contributed by atoms with van der Waals surface area (Å²) < 4.78 is 11.1. The first-order valence-corrected chi connectivity index (χ1v) is 10.2. The summed E-state index contributed by atoms with van der Waals surface area (Å²) in [5.74, 6) is 0.457. The van der Waals surface area contributed by atoms with Crippen molar-refractivity contribution in [1.82, 2.24) is 16.2 Å². The molecule has 0 saturated heterocycles.